The molecule has 0 unspecified atom stereocenters. The summed E-state index contributed by atoms with van der Waals surface area (Å²) in [7, 11) is 1.82. The highest BCUT2D eigenvalue weighted by Gasteiger charge is 2.14. The van der Waals surface area contributed by atoms with E-state index in [1.165, 1.54) is 18.2 Å². The molecule has 0 fully saturated rings. The van der Waals surface area contributed by atoms with E-state index in [4.69, 9.17) is 5.73 Å². The van der Waals surface area contributed by atoms with Gasteiger partial charge >= 0.3 is 0 Å². The first-order chi connectivity index (χ1) is 9.49. The van der Waals surface area contributed by atoms with E-state index in [0.717, 1.165) is 0 Å². The maximum Gasteiger partial charge on any atom is 0.292 e. The van der Waals surface area contributed by atoms with E-state index in [2.05, 4.69) is 10.3 Å². The molecule has 2 aromatic rings. The first-order valence-electron chi connectivity index (χ1n) is 5.77. The zero-order valence-electron chi connectivity index (χ0n) is 10.7. The van der Waals surface area contributed by atoms with Crippen molar-refractivity contribution in [1.82, 2.24) is 14.9 Å². The van der Waals surface area contributed by atoms with Gasteiger partial charge in [-0.2, -0.15) is 0 Å². The first kappa shape index (κ1) is 13.5. The Bertz CT molecular complexity index is 665. The number of anilines is 1. The summed E-state index contributed by atoms with van der Waals surface area (Å²) >= 11 is 0. The second-order valence-electron chi connectivity index (χ2n) is 4.17. The number of amides is 1. The van der Waals surface area contributed by atoms with Crippen LogP contribution in [0, 0.1) is 10.1 Å². The lowest BCUT2D eigenvalue weighted by molar-refractivity contribution is -0.383. The van der Waals surface area contributed by atoms with Gasteiger partial charge in [-0.15, -0.1) is 0 Å². The highest BCUT2D eigenvalue weighted by molar-refractivity contribution is 5.95. The Hall–Kier alpha value is -2.90. The van der Waals surface area contributed by atoms with Crippen LogP contribution in [0.5, 0.6) is 0 Å². The average molecular weight is 275 g/mol. The third-order valence-corrected chi connectivity index (χ3v) is 2.81. The number of nitrogen functional groups attached to an aromatic ring is 1. The molecular formula is C12H13N5O3. The lowest BCUT2D eigenvalue weighted by Crippen LogP contribution is -2.24. The molecular weight excluding hydrogens is 262 g/mol. The number of aromatic nitrogens is 2. The lowest BCUT2D eigenvalue weighted by Gasteiger charge is -2.06. The Morgan fingerprint density at radius 3 is 2.85 bits per heavy atom. The molecule has 0 atom stereocenters. The molecule has 1 heterocycles. The zero-order valence-corrected chi connectivity index (χ0v) is 10.7. The van der Waals surface area contributed by atoms with Crippen LogP contribution in [0.1, 0.15) is 16.2 Å². The van der Waals surface area contributed by atoms with E-state index in [1.54, 1.807) is 17.0 Å². The minimum atomic E-state index is -0.592. The number of nitro benzene ring substituents is 1. The minimum Gasteiger partial charge on any atom is -0.393 e. The molecule has 0 aliphatic heterocycles. The van der Waals surface area contributed by atoms with Crippen molar-refractivity contribution in [3.05, 3.63) is 52.1 Å². The summed E-state index contributed by atoms with van der Waals surface area (Å²) in [5.41, 5.74) is 5.54. The van der Waals surface area contributed by atoms with Gasteiger partial charge in [0, 0.05) is 31.1 Å². The first-order valence-corrected chi connectivity index (χ1v) is 5.77. The molecule has 1 amide bonds. The smallest absolute Gasteiger partial charge is 0.292 e. The Morgan fingerprint density at radius 2 is 2.30 bits per heavy atom. The fourth-order valence-corrected chi connectivity index (χ4v) is 1.69. The molecule has 0 aliphatic carbocycles. The monoisotopic (exact) mass is 275 g/mol. The van der Waals surface area contributed by atoms with E-state index in [-0.39, 0.29) is 29.4 Å². The number of carbonyl (C=O) groups excluding carboxylic acids is 1. The number of nitrogens with two attached hydrogens (primary N) is 1. The number of nitrogens with zero attached hydrogens (tertiary/aromatic N) is 3. The summed E-state index contributed by atoms with van der Waals surface area (Å²) in [6.45, 7) is 0.263. The quantitative estimate of drug-likeness (QED) is 0.487. The van der Waals surface area contributed by atoms with Gasteiger partial charge < -0.3 is 15.6 Å². The predicted molar refractivity (Wildman–Crippen MR) is 71.9 cm³/mol. The van der Waals surface area contributed by atoms with Gasteiger partial charge in [0.1, 0.15) is 11.5 Å². The van der Waals surface area contributed by atoms with Crippen LogP contribution in [-0.4, -0.2) is 20.4 Å². The van der Waals surface area contributed by atoms with Gasteiger partial charge in [0.15, 0.2) is 0 Å². The summed E-state index contributed by atoms with van der Waals surface area (Å²) in [6.07, 6.45) is 3.40. The summed E-state index contributed by atoms with van der Waals surface area (Å²) in [6, 6.07) is 3.86. The number of benzene rings is 1. The zero-order chi connectivity index (χ0) is 14.7. The molecule has 0 aliphatic rings. The topological polar surface area (TPSA) is 116 Å². The summed E-state index contributed by atoms with van der Waals surface area (Å²) in [4.78, 5) is 26.0. The van der Waals surface area contributed by atoms with Crippen LogP contribution in [-0.2, 0) is 13.6 Å². The Morgan fingerprint density at radius 1 is 1.55 bits per heavy atom. The highest BCUT2D eigenvalue weighted by Crippen LogP contribution is 2.21. The van der Waals surface area contributed by atoms with Crippen LogP contribution in [0.2, 0.25) is 0 Å². The van der Waals surface area contributed by atoms with Crippen molar-refractivity contribution in [2.24, 2.45) is 7.05 Å². The van der Waals surface area contributed by atoms with Crippen molar-refractivity contribution in [3.8, 4) is 0 Å². The van der Waals surface area contributed by atoms with Gasteiger partial charge in [0.05, 0.1) is 11.5 Å². The molecule has 0 saturated carbocycles. The second kappa shape index (κ2) is 5.39. The van der Waals surface area contributed by atoms with Crippen LogP contribution in [0.25, 0.3) is 0 Å². The molecule has 8 nitrogen and oxygen atoms in total. The average Bonchev–Trinajstić information content (AvgIpc) is 2.81. The Balaban J connectivity index is 2.08. The summed E-state index contributed by atoms with van der Waals surface area (Å²) in [5.74, 6) is 0.336. The second-order valence-corrected chi connectivity index (χ2v) is 4.17. The van der Waals surface area contributed by atoms with Gasteiger partial charge in [-0.25, -0.2) is 4.98 Å². The highest BCUT2D eigenvalue weighted by atomic mass is 16.6. The van der Waals surface area contributed by atoms with E-state index >= 15 is 0 Å². The number of imidazole rings is 1. The summed E-state index contributed by atoms with van der Waals surface area (Å²) in [5, 5.41) is 13.3. The molecule has 0 spiro atoms. The standard InChI is InChI=1S/C12H13N5O3/c1-16-5-4-14-11(16)7-15-12(18)8-2-3-10(17(19)20)9(13)6-8/h2-6H,7,13H2,1H3,(H,15,18). The number of aryl methyl sites for hydroxylation is 1. The van der Waals surface area contributed by atoms with Gasteiger partial charge in [0.2, 0.25) is 0 Å². The van der Waals surface area contributed by atoms with Crippen LogP contribution >= 0.6 is 0 Å². The molecule has 104 valence electrons. The van der Waals surface area contributed by atoms with Crippen LogP contribution in [0.15, 0.2) is 30.6 Å². The van der Waals surface area contributed by atoms with Crippen molar-refractivity contribution in [3.63, 3.8) is 0 Å². The SMILES string of the molecule is Cn1ccnc1CNC(=O)c1ccc([N+](=O)[O-])c(N)c1. The van der Waals surface area contributed by atoms with E-state index in [1.807, 2.05) is 7.05 Å². The molecule has 0 bridgehead atoms. The molecule has 0 saturated heterocycles. The van der Waals surface area contributed by atoms with Crippen LogP contribution in [0.3, 0.4) is 0 Å². The molecule has 3 N–H and O–H groups in total. The fraction of sp³-hybridized carbons (Fsp3) is 0.167. The van der Waals surface area contributed by atoms with Crippen molar-refractivity contribution in [2.45, 2.75) is 6.54 Å². The van der Waals surface area contributed by atoms with Crippen molar-refractivity contribution >= 4 is 17.3 Å². The molecule has 20 heavy (non-hydrogen) atoms. The molecule has 8 heteroatoms. The molecule has 0 radical (unpaired) electrons. The molecule has 1 aromatic heterocycles. The van der Waals surface area contributed by atoms with E-state index < -0.39 is 4.92 Å². The molecule has 2 rings (SSSR count). The van der Waals surface area contributed by atoms with Crippen molar-refractivity contribution < 1.29 is 9.72 Å². The van der Waals surface area contributed by atoms with E-state index in [9.17, 15) is 14.9 Å². The Labute approximate surface area is 114 Å². The maximum atomic E-state index is 11.9. The summed E-state index contributed by atoms with van der Waals surface area (Å²) < 4.78 is 1.78. The van der Waals surface area contributed by atoms with Crippen molar-refractivity contribution in [2.75, 3.05) is 5.73 Å². The third kappa shape index (κ3) is 2.74. The number of nitro groups is 1. The predicted octanol–water partition coefficient (Wildman–Crippen LogP) is 0.841. The van der Waals surface area contributed by atoms with Gasteiger partial charge in [-0.3, -0.25) is 14.9 Å². The fourth-order valence-electron chi connectivity index (χ4n) is 1.69. The van der Waals surface area contributed by atoms with Crippen molar-refractivity contribution in [1.29, 1.82) is 0 Å². The number of carbonyl (C=O) groups is 1. The normalized spacial score (nSPS) is 10.2. The lowest BCUT2D eigenvalue weighted by atomic mass is 10.1. The number of hydrogen-bond donors (Lipinski definition) is 2. The number of nitrogens with one attached hydrogen (secondary N) is 1. The number of hydrogen-bond acceptors (Lipinski definition) is 5. The third-order valence-electron chi connectivity index (χ3n) is 2.81. The van der Waals surface area contributed by atoms with Gasteiger partial charge in [-0.05, 0) is 12.1 Å². The van der Waals surface area contributed by atoms with Gasteiger partial charge in [-0.1, -0.05) is 0 Å². The number of rotatable bonds is 4. The van der Waals surface area contributed by atoms with Crippen LogP contribution < -0.4 is 11.1 Å². The van der Waals surface area contributed by atoms with Gasteiger partial charge in [0.25, 0.3) is 11.6 Å². The minimum absolute atomic E-state index is 0.0420. The molecule has 1 aromatic carbocycles. The van der Waals surface area contributed by atoms with E-state index in [0.29, 0.717) is 5.82 Å². The largest absolute Gasteiger partial charge is 0.393 e. The Kier molecular flexibility index (Phi) is 3.65. The maximum absolute atomic E-state index is 11.9. The van der Waals surface area contributed by atoms with Crippen LogP contribution in [0.4, 0.5) is 11.4 Å².